The summed E-state index contributed by atoms with van der Waals surface area (Å²) in [6.07, 6.45) is -0.861. The SMILES string of the molecule is CNc1c(F)cc(C(=O)N(C)CC(O)COC)cc1F. The molecule has 0 saturated heterocycles. The van der Waals surface area contributed by atoms with Gasteiger partial charge in [0.15, 0.2) is 0 Å². The van der Waals surface area contributed by atoms with Crippen molar-refractivity contribution in [2.45, 2.75) is 6.10 Å². The number of anilines is 1. The minimum Gasteiger partial charge on any atom is -0.389 e. The van der Waals surface area contributed by atoms with Gasteiger partial charge in [0.1, 0.15) is 17.3 Å². The third kappa shape index (κ3) is 3.88. The van der Waals surface area contributed by atoms with Gasteiger partial charge >= 0.3 is 0 Å². The highest BCUT2D eigenvalue weighted by atomic mass is 19.1. The van der Waals surface area contributed by atoms with E-state index in [0.29, 0.717) is 0 Å². The molecule has 1 aromatic rings. The number of hydrogen-bond acceptors (Lipinski definition) is 4. The number of carbonyl (C=O) groups is 1. The maximum atomic E-state index is 13.6. The molecule has 20 heavy (non-hydrogen) atoms. The zero-order valence-corrected chi connectivity index (χ0v) is 11.6. The summed E-state index contributed by atoms with van der Waals surface area (Å²) in [7, 11) is 4.24. The number of likely N-dealkylation sites (N-methyl/N-ethyl adjacent to an activating group) is 1. The van der Waals surface area contributed by atoms with Crippen LogP contribution in [-0.2, 0) is 4.74 Å². The van der Waals surface area contributed by atoms with Crippen molar-refractivity contribution in [1.82, 2.24) is 4.90 Å². The highest BCUT2D eigenvalue weighted by Gasteiger charge is 2.19. The highest BCUT2D eigenvalue weighted by Crippen LogP contribution is 2.20. The van der Waals surface area contributed by atoms with Crippen LogP contribution >= 0.6 is 0 Å². The van der Waals surface area contributed by atoms with Gasteiger partial charge in [-0.2, -0.15) is 0 Å². The van der Waals surface area contributed by atoms with Gasteiger partial charge in [-0.25, -0.2) is 8.78 Å². The number of aliphatic hydroxyl groups excluding tert-OH is 1. The predicted molar refractivity (Wildman–Crippen MR) is 70.7 cm³/mol. The van der Waals surface area contributed by atoms with E-state index >= 15 is 0 Å². The Bertz CT molecular complexity index is 460. The third-order valence-electron chi connectivity index (χ3n) is 2.73. The van der Waals surface area contributed by atoms with Crippen molar-refractivity contribution in [2.24, 2.45) is 0 Å². The van der Waals surface area contributed by atoms with Gasteiger partial charge in [-0.3, -0.25) is 4.79 Å². The summed E-state index contributed by atoms with van der Waals surface area (Å²) in [5, 5.41) is 11.9. The van der Waals surface area contributed by atoms with Crippen molar-refractivity contribution in [3.8, 4) is 0 Å². The number of aliphatic hydroxyl groups is 1. The van der Waals surface area contributed by atoms with Crippen LogP contribution in [0.1, 0.15) is 10.4 Å². The van der Waals surface area contributed by atoms with Crippen molar-refractivity contribution in [3.05, 3.63) is 29.3 Å². The molecule has 0 aliphatic carbocycles. The summed E-state index contributed by atoms with van der Waals surface area (Å²) in [6.45, 7) is 0.0721. The molecule has 1 amide bonds. The summed E-state index contributed by atoms with van der Waals surface area (Å²) in [4.78, 5) is 13.2. The number of nitrogens with zero attached hydrogens (tertiary/aromatic N) is 1. The zero-order chi connectivity index (χ0) is 15.3. The van der Waals surface area contributed by atoms with Crippen LogP contribution in [0.5, 0.6) is 0 Å². The number of methoxy groups -OCH3 is 1. The number of benzene rings is 1. The van der Waals surface area contributed by atoms with Gasteiger partial charge in [-0.15, -0.1) is 0 Å². The molecule has 1 unspecified atom stereocenters. The van der Waals surface area contributed by atoms with E-state index in [9.17, 15) is 18.7 Å². The number of amides is 1. The normalized spacial score (nSPS) is 12.1. The lowest BCUT2D eigenvalue weighted by atomic mass is 10.1. The summed E-state index contributed by atoms with van der Waals surface area (Å²) >= 11 is 0. The van der Waals surface area contributed by atoms with Gasteiger partial charge in [0, 0.05) is 33.3 Å². The molecule has 0 aliphatic rings. The second-order valence-electron chi connectivity index (χ2n) is 4.36. The molecule has 7 heteroatoms. The first-order valence-corrected chi connectivity index (χ1v) is 6.00. The minimum atomic E-state index is -0.861. The molecule has 0 radical (unpaired) electrons. The maximum absolute atomic E-state index is 13.6. The maximum Gasteiger partial charge on any atom is 0.253 e. The molecule has 0 spiro atoms. The predicted octanol–water partition coefficient (Wildman–Crippen LogP) is 1.09. The first kappa shape index (κ1) is 16.3. The van der Waals surface area contributed by atoms with Crippen LogP contribution < -0.4 is 5.32 Å². The van der Waals surface area contributed by atoms with Crippen molar-refractivity contribution in [1.29, 1.82) is 0 Å². The number of ether oxygens (including phenoxy) is 1. The molecule has 112 valence electrons. The van der Waals surface area contributed by atoms with Gasteiger partial charge in [-0.1, -0.05) is 0 Å². The standard InChI is InChI=1S/C13H18F2N2O3/c1-16-12-10(14)4-8(5-11(12)15)13(19)17(2)6-9(18)7-20-3/h4-5,9,16,18H,6-7H2,1-3H3. The number of halogens is 2. The molecule has 2 N–H and O–H groups in total. The van der Waals surface area contributed by atoms with Gasteiger partial charge in [0.25, 0.3) is 5.91 Å². The van der Waals surface area contributed by atoms with E-state index in [-0.39, 0.29) is 24.4 Å². The quantitative estimate of drug-likeness (QED) is 0.822. The van der Waals surface area contributed by atoms with Crippen LogP contribution in [-0.4, -0.2) is 56.4 Å². The van der Waals surface area contributed by atoms with Gasteiger partial charge < -0.3 is 20.1 Å². The van der Waals surface area contributed by atoms with Crippen molar-refractivity contribution in [3.63, 3.8) is 0 Å². The Morgan fingerprint density at radius 1 is 1.45 bits per heavy atom. The van der Waals surface area contributed by atoms with E-state index in [4.69, 9.17) is 4.74 Å². The molecule has 1 atom stereocenters. The Morgan fingerprint density at radius 3 is 2.45 bits per heavy atom. The fraction of sp³-hybridized carbons (Fsp3) is 0.462. The monoisotopic (exact) mass is 288 g/mol. The molecule has 0 heterocycles. The van der Waals surface area contributed by atoms with Gasteiger partial charge in [-0.05, 0) is 12.1 Å². The number of carbonyl (C=O) groups excluding carboxylic acids is 1. The van der Waals surface area contributed by atoms with Crippen molar-refractivity contribution in [2.75, 3.05) is 39.7 Å². The summed E-state index contributed by atoms with van der Waals surface area (Å²) < 4.78 is 31.9. The Hall–Kier alpha value is -1.73. The van der Waals surface area contributed by atoms with Gasteiger partial charge in [0.2, 0.25) is 0 Å². The molecular formula is C13H18F2N2O3. The molecule has 1 aromatic carbocycles. The average molecular weight is 288 g/mol. The molecular weight excluding hydrogens is 270 g/mol. The van der Waals surface area contributed by atoms with Crippen molar-refractivity contribution < 1.29 is 23.4 Å². The molecule has 0 aliphatic heterocycles. The summed E-state index contributed by atoms with van der Waals surface area (Å²) in [6, 6.07) is 1.91. The van der Waals surface area contributed by atoms with E-state index in [2.05, 4.69) is 5.32 Å². The number of hydrogen-bond donors (Lipinski definition) is 2. The Kier molecular flexibility index (Phi) is 5.84. The fourth-order valence-electron chi connectivity index (χ4n) is 1.80. The largest absolute Gasteiger partial charge is 0.389 e. The lowest BCUT2D eigenvalue weighted by molar-refractivity contribution is 0.0380. The van der Waals surface area contributed by atoms with Crippen LogP contribution in [0.3, 0.4) is 0 Å². The van der Waals surface area contributed by atoms with Gasteiger partial charge in [0.05, 0.1) is 12.7 Å². The first-order chi connectivity index (χ1) is 9.40. The van der Waals surface area contributed by atoms with E-state index in [1.165, 1.54) is 26.1 Å². The topological polar surface area (TPSA) is 61.8 Å². The lowest BCUT2D eigenvalue weighted by Gasteiger charge is -2.20. The minimum absolute atomic E-state index is 0.00366. The lowest BCUT2D eigenvalue weighted by Crippen LogP contribution is -2.36. The Balaban J connectivity index is 2.87. The van der Waals surface area contributed by atoms with E-state index in [1.807, 2.05) is 0 Å². The third-order valence-corrected chi connectivity index (χ3v) is 2.73. The summed E-state index contributed by atoms with van der Waals surface area (Å²) in [5.74, 6) is -2.27. The molecule has 5 nitrogen and oxygen atoms in total. The van der Waals surface area contributed by atoms with Crippen LogP contribution in [0.4, 0.5) is 14.5 Å². The Morgan fingerprint density at radius 2 is 2.00 bits per heavy atom. The van der Waals surface area contributed by atoms with Crippen LogP contribution in [0, 0.1) is 11.6 Å². The van der Waals surface area contributed by atoms with E-state index in [0.717, 1.165) is 12.1 Å². The highest BCUT2D eigenvalue weighted by molar-refractivity contribution is 5.94. The second kappa shape index (κ2) is 7.16. The van der Waals surface area contributed by atoms with Crippen LogP contribution in [0.25, 0.3) is 0 Å². The molecule has 0 fully saturated rings. The number of nitrogens with one attached hydrogen (secondary N) is 1. The molecule has 1 rings (SSSR count). The van der Waals surface area contributed by atoms with E-state index < -0.39 is 23.6 Å². The van der Waals surface area contributed by atoms with Crippen LogP contribution in [0.2, 0.25) is 0 Å². The molecule has 0 aromatic heterocycles. The Labute approximate surface area is 116 Å². The second-order valence-corrected chi connectivity index (χ2v) is 4.36. The fourth-order valence-corrected chi connectivity index (χ4v) is 1.80. The first-order valence-electron chi connectivity index (χ1n) is 6.00. The van der Waals surface area contributed by atoms with Crippen LogP contribution in [0.15, 0.2) is 12.1 Å². The zero-order valence-electron chi connectivity index (χ0n) is 11.6. The summed E-state index contributed by atoms with van der Waals surface area (Å²) in [5.41, 5.74) is -0.408. The molecule has 0 bridgehead atoms. The van der Waals surface area contributed by atoms with E-state index in [1.54, 1.807) is 0 Å². The number of rotatable bonds is 6. The molecule has 0 saturated carbocycles. The smallest absolute Gasteiger partial charge is 0.253 e. The average Bonchev–Trinajstić information content (AvgIpc) is 2.37. The van der Waals surface area contributed by atoms with Crippen molar-refractivity contribution >= 4 is 11.6 Å².